The van der Waals surface area contributed by atoms with Gasteiger partial charge in [0.2, 0.25) is 5.89 Å². The Balaban J connectivity index is 1.18. The molecule has 2 aliphatic heterocycles. The van der Waals surface area contributed by atoms with E-state index < -0.39 is 7.37 Å². The van der Waals surface area contributed by atoms with Crippen LogP contribution in [-0.2, 0) is 22.1 Å². The van der Waals surface area contributed by atoms with Crippen LogP contribution in [0.25, 0.3) is 0 Å². The van der Waals surface area contributed by atoms with Crippen LogP contribution in [0.1, 0.15) is 97.6 Å². The standard InChI is InChI=1S/C30H43N2O5P/c1-38(34,35)18-16-22-12-5-6-13-23(22)19-24-26-14-15-27(37-26)28(24)30-32-25(20-36-30)29(33)31-17-8-7-11-21-9-3-2-4-10-21/h5-6,12-13,20-21,24,26-28H,2-4,7-11,14-19H2,1H3,(H,31,33)(H,34,35)/t24-,26-,27-,28-/m1/s1. The Labute approximate surface area is 226 Å². The second kappa shape index (κ2) is 12.5. The van der Waals surface area contributed by atoms with Crippen LogP contribution in [0.3, 0.4) is 0 Å². The van der Waals surface area contributed by atoms with Crippen molar-refractivity contribution in [3.05, 3.63) is 53.2 Å². The van der Waals surface area contributed by atoms with Gasteiger partial charge in [0.25, 0.3) is 5.91 Å². The summed E-state index contributed by atoms with van der Waals surface area (Å²) in [6.07, 6.45) is 15.7. The topological polar surface area (TPSA) is 102 Å². The number of carbonyl (C=O) groups is 1. The molecular formula is C30H43N2O5P. The number of nitrogens with zero attached hydrogens (tertiary/aromatic N) is 1. The lowest BCUT2D eigenvalue weighted by molar-refractivity contribution is 0.0897. The Bertz CT molecular complexity index is 1120. The summed E-state index contributed by atoms with van der Waals surface area (Å²) in [4.78, 5) is 27.2. The number of benzene rings is 1. The summed E-state index contributed by atoms with van der Waals surface area (Å²) >= 11 is 0. The van der Waals surface area contributed by atoms with E-state index in [4.69, 9.17) is 9.15 Å². The number of hydrogen-bond acceptors (Lipinski definition) is 5. The third-order valence-corrected chi connectivity index (χ3v) is 9.94. The average molecular weight is 543 g/mol. The summed E-state index contributed by atoms with van der Waals surface area (Å²) in [6, 6.07) is 8.17. The molecule has 0 radical (unpaired) electrons. The number of aromatic nitrogens is 1. The van der Waals surface area contributed by atoms with Crippen molar-refractivity contribution in [1.82, 2.24) is 10.3 Å². The summed E-state index contributed by atoms with van der Waals surface area (Å²) in [5.41, 5.74) is 2.64. The summed E-state index contributed by atoms with van der Waals surface area (Å²) in [5, 5.41) is 3.02. The molecule has 3 heterocycles. The van der Waals surface area contributed by atoms with Gasteiger partial charge in [0.1, 0.15) is 6.26 Å². The molecule has 0 spiro atoms. The van der Waals surface area contributed by atoms with Gasteiger partial charge >= 0.3 is 0 Å². The Kier molecular flexibility index (Phi) is 9.07. The maximum Gasteiger partial charge on any atom is 0.273 e. The molecule has 38 heavy (non-hydrogen) atoms. The Morgan fingerprint density at radius 2 is 1.84 bits per heavy atom. The van der Waals surface area contributed by atoms with Gasteiger partial charge in [-0.1, -0.05) is 69.2 Å². The van der Waals surface area contributed by atoms with E-state index in [9.17, 15) is 14.3 Å². The van der Waals surface area contributed by atoms with E-state index in [-0.39, 0.29) is 36.1 Å². The predicted molar refractivity (Wildman–Crippen MR) is 148 cm³/mol. The van der Waals surface area contributed by atoms with E-state index in [0.29, 0.717) is 24.6 Å². The van der Waals surface area contributed by atoms with Gasteiger partial charge in [-0.2, -0.15) is 0 Å². The summed E-state index contributed by atoms with van der Waals surface area (Å²) in [7, 11) is -3.07. The normalized spacial score (nSPS) is 26.9. The number of oxazole rings is 1. The van der Waals surface area contributed by atoms with Crippen LogP contribution in [0.4, 0.5) is 0 Å². The molecule has 2 saturated heterocycles. The highest BCUT2D eigenvalue weighted by Crippen LogP contribution is 2.50. The van der Waals surface area contributed by atoms with Gasteiger partial charge in [0, 0.05) is 25.3 Å². The Hall–Kier alpha value is -1.95. The van der Waals surface area contributed by atoms with E-state index in [2.05, 4.69) is 22.4 Å². The van der Waals surface area contributed by atoms with Crippen LogP contribution >= 0.6 is 7.37 Å². The highest BCUT2D eigenvalue weighted by Gasteiger charge is 2.51. The molecule has 2 N–H and O–H groups in total. The van der Waals surface area contributed by atoms with Crippen molar-refractivity contribution < 1.29 is 23.4 Å². The molecule has 3 aliphatic rings. The Morgan fingerprint density at radius 3 is 2.63 bits per heavy atom. The summed E-state index contributed by atoms with van der Waals surface area (Å²) in [6.45, 7) is 2.09. The fourth-order valence-corrected chi connectivity index (χ4v) is 7.49. The maximum atomic E-state index is 12.8. The van der Waals surface area contributed by atoms with E-state index in [1.54, 1.807) is 0 Å². The molecule has 5 rings (SSSR count). The number of fused-ring (bicyclic) bond motifs is 2. The van der Waals surface area contributed by atoms with Crippen molar-refractivity contribution in [3.63, 3.8) is 0 Å². The van der Waals surface area contributed by atoms with E-state index >= 15 is 0 Å². The number of aryl methyl sites for hydroxylation is 1. The highest BCUT2D eigenvalue weighted by atomic mass is 31.2. The van der Waals surface area contributed by atoms with Crippen molar-refractivity contribution in [2.45, 2.75) is 95.2 Å². The third kappa shape index (κ3) is 6.97. The lowest BCUT2D eigenvalue weighted by Gasteiger charge is -2.26. The smallest absolute Gasteiger partial charge is 0.273 e. The van der Waals surface area contributed by atoms with Gasteiger partial charge < -0.3 is 19.4 Å². The van der Waals surface area contributed by atoms with Gasteiger partial charge in [-0.05, 0) is 49.1 Å². The van der Waals surface area contributed by atoms with Crippen molar-refractivity contribution >= 4 is 13.3 Å². The van der Waals surface area contributed by atoms with Gasteiger partial charge in [0.15, 0.2) is 13.1 Å². The quantitative estimate of drug-likeness (QED) is 0.248. The molecule has 1 aliphatic carbocycles. The molecule has 2 bridgehead atoms. The molecule has 1 amide bonds. The molecule has 8 heteroatoms. The largest absolute Gasteiger partial charge is 0.448 e. The van der Waals surface area contributed by atoms with Crippen LogP contribution in [-0.4, -0.2) is 47.4 Å². The SMILES string of the molecule is CP(=O)(O)CCc1ccccc1C[C@H]1[C@@H](c2nc(C(=O)NCCCCC3CCCCC3)co2)[C@H]2CC[C@H]1O2. The fraction of sp³-hybridized carbons (Fsp3) is 0.667. The molecule has 5 atom stereocenters. The highest BCUT2D eigenvalue weighted by molar-refractivity contribution is 7.57. The minimum Gasteiger partial charge on any atom is -0.448 e. The van der Waals surface area contributed by atoms with E-state index in [1.165, 1.54) is 57.0 Å². The van der Waals surface area contributed by atoms with E-state index in [1.807, 2.05) is 12.1 Å². The minimum absolute atomic E-state index is 0.00830. The van der Waals surface area contributed by atoms with Crippen LogP contribution in [0.15, 0.2) is 34.9 Å². The van der Waals surface area contributed by atoms with Gasteiger partial charge in [-0.3, -0.25) is 9.36 Å². The number of rotatable bonds is 12. The van der Waals surface area contributed by atoms with E-state index in [0.717, 1.165) is 43.6 Å². The van der Waals surface area contributed by atoms with Crippen molar-refractivity contribution in [2.24, 2.45) is 11.8 Å². The molecule has 208 valence electrons. The number of carbonyl (C=O) groups excluding carboxylic acids is 1. The molecule has 3 fully saturated rings. The summed E-state index contributed by atoms with van der Waals surface area (Å²) in [5.74, 6) is 1.51. The van der Waals surface area contributed by atoms with Crippen LogP contribution < -0.4 is 5.32 Å². The zero-order chi connectivity index (χ0) is 26.5. The van der Waals surface area contributed by atoms with Gasteiger partial charge in [-0.15, -0.1) is 0 Å². The molecule has 1 saturated carbocycles. The van der Waals surface area contributed by atoms with Gasteiger partial charge in [0.05, 0.1) is 18.1 Å². The molecule has 7 nitrogen and oxygen atoms in total. The zero-order valence-electron chi connectivity index (χ0n) is 22.6. The second-order valence-electron chi connectivity index (χ2n) is 11.8. The molecular weight excluding hydrogens is 499 g/mol. The second-order valence-corrected chi connectivity index (χ2v) is 14.4. The molecule has 1 aromatic carbocycles. The van der Waals surface area contributed by atoms with Gasteiger partial charge in [-0.25, -0.2) is 4.98 Å². The molecule has 1 unspecified atom stereocenters. The number of amides is 1. The van der Waals surface area contributed by atoms with Crippen LogP contribution in [0.2, 0.25) is 0 Å². The minimum atomic E-state index is -3.07. The number of ether oxygens (including phenoxy) is 1. The zero-order valence-corrected chi connectivity index (χ0v) is 23.5. The van der Waals surface area contributed by atoms with Crippen molar-refractivity contribution in [1.29, 1.82) is 0 Å². The molecule has 1 aromatic heterocycles. The van der Waals surface area contributed by atoms with Crippen LogP contribution in [0.5, 0.6) is 0 Å². The van der Waals surface area contributed by atoms with Crippen LogP contribution in [0, 0.1) is 11.8 Å². The van der Waals surface area contributed by atoms with Crippen molar-refractivity contribution in [2.75, 3.05) is 19.4 Å². The Morgan fingerprint density at radius 1 is 1.08 bits per heavy atom. The van der Waals surface area contributed by atoms with Crippen molar-refractivity contribution in [3.8, 4) is 0 Å². The lowest BCUT2D eigenvalue weighted by atomic mass is 9.75. The fourth-order valence-electron chi connectivity index (χ4n) is 6.83. The third-order valence-electron chi connectivity index (χ3n) is 8.88. The number of hydrogen-bond donors (Lipinski definition) is 2. The lowest BCUT2D eigenvalue weighted by Crippen LogP contribution is -2.28. The summed E-state index contributed by atoms with van der Waals surface area (Å²) < 4.78 is 24.1. The first-order valence-electron chi connectivity index (χ1n) is 14.6. The predicted octanol–water partition coefficient (Wildman–Crippen LogP) is 6.10. The first-order chi connectivity index (χ1) is 18.4. The monoisotopic (exact) mass is 542 g/mol. The first-order valence-corrected chi connectivity index (χ1v) is 16.9. The first kappa shape index (κ1) is 27.6. The number of nitrogens with one attached hydrogen (secondary N) is 1. The molecule has 2 aromatic rings. The maximum absolute atomic E-state index is 12.8. The number of unbranched alkanes of at least 4 members (excludes halogenated alkanes) is 1. The average Bonchev–Trinajstić information content (AvgIpc) is 3.65.